The van der Waals surface area contributed by atoms with Crippen molar-refractivity contribution >= 4 is 34.6 Å². The molecule has 0 aliphatic carbocycles. The van der Waals surface area contributed by atoms with Crippen molar-refractivity contribution in [3.8, 4) is 5.75 Å². The molecule has 0 saturated heterocycles. The van der Waals surface area contributed by atoms with Crippen LogP contribution >= 0.6 is 12.2 Å². The highest BCUT2D eigenvalue weighted by atomic mass is 32.1. The van der Waals surface area contributed by atoms with E-state index in [4.69, 9.17) is 17.0 Å². The highest BCUT2D eigenvalue weighted by Gasteiger charge is 2.12. The molecule has 2 rings (SSSR count). The van der Waals surface area contributed by atoms with Crippen molar-refractivity contribution in [2.75, 3.05) is 11.9 Å². The molecule has 0 heterocycles. The third kappa shape index (κ3) is 5.82. The van der Waals surface area contributed by atoms with Crippen LogP contribution in [0.1, 0.15) is 30.1 Å². The van der Waals surface area contributed by atoms with Gasteiger partial charge >= 0.3 is 0 Å². The van der Waals surface area contributed by atoms with E-state index in [2.05, 4.69) is 17.6 Å². The Bertz CT molecular complexity index is 811. The molecule has 136 valence electrons. The van der Waals surface area contributed by atoms with Gasteiger partial charge in [-0.2, -0.15) is 0 Å². The second-order valence-corrected chi connectivity index (χ2v) is 5.85. The summed E-state index contributed by atoms with van der Waals surface area (Å²) in [5.74, 6) is 0.179. The Labute approximate surface area is 156 Å². The number of anilines is 1. The van der Waals surface area contributed by atoms with Gasteiger partial charge in [-0.05, 0) is 36.8 Å². The summed E-state index contributed by atoms with van der Waals surface area (Å²) in [6, 6.07) is 12.7. The van der Waals surface area contributed by atoms with Crippen molar-refractivity contribution in [1.82, 2.24) is 5.32 Å². The number of amides is 1. The number of benzene rings is 2. The third-order valence-corrected chi connectivity index (χ3v) is 3.61. The number of nitrogens with one attached hydrogen (secondary N) is 2. The first-order chi connectivity index (χ1) is 12.5. The number of carbonyl (C=O) groups excluding carboxylic acids is 1. The molecule has 0 aromatic heterocycles. The first-order valence-electron chi connectivity index (χ1n) is 8.09. The number of thiocarbonyl (C=S) groups is 1. The van der Waals surface area contributed by atoms with Crippen LogP contribution in [0.5, 0.6) is 5.75 Å². The molecule has 0 unspecified atom stereocenters. The standard InChI is InChI=1S/C18H19N3O4S/c1-2-3-10-25-16-9-5-7-14(12-16)19-18(26)20-17(22)13-6-4-8-15(11-13)21(23)24/h4-9,11-12H,2-3,10H2,1H3,(H2,19,20,22,26). The lowest BCUT2D eigenvalue weighted by molar-refractivity contribution is -0.384. The van der Waals surface area contributed by atoms with Gasteiger partial charge in [0.1, 0.15) is 5.75 Å². The molecule has 2 aromatic rings. The van der Waals surface area contributed by atoms with Crippen molar-refractivity contribution in [3.63, 3.8) is 0 Å². The molecule has 0 aliphatic rings. The van der Waals surface area contributed by atoms with E-state index >= 15 is 0 Å². The molecule has 8 heteroatoms. The fraction of sp³-hybridized carbons (Fsp3) is 0.222. The minimum Gasteiger partial charge on any atom is -0.494 e. The molecule has 2 N–H and O–H groups in total. The summed E-state index contributed by atoms with van der Waals surface area (Å²) in [5.41, 5.74) is 0.664. The van der Waals surface area contributed by atoms with Gasteiger partial charge in [-0.1, -0.05) is 25.5 Å². The number of hydrogen-bond acceptors (Lipinski definition) is 5. The van der Waals surface area contributed by atoms with Gasteiger partial charge in [0.25, 0.3) is 11.6 Å². The average molecular weight is 373 g/mol. The van der Waals surface area contributed by atoms with Crippen LogP contribution in [-0.2, 0) is 0 Å². The van der Waals surface area contributed by atoms with Gasteiger partial charge in [-0.25, -0.2) is 0 Å². The molecular formula is C18H19N3O4S. The van der Waals surface area contributed by atoms with Gasteiger partial charge in [0.2, 0.25) is 0 Å². The summed E-state index contributed by atoms with van der Waals surface area (Å²) in [7, 11) is 0. The van der Waals surface area contributed by atoms with Crippen LogP contribution in [0.15, 0.2) is 48.5 Å². The van der Waals surface area contributed by atoms with Crippen molar-refractivity contribution < 1.29 is 14.5 Å². The molecule has 1 amide bonds. The normalized spacial score (nSPS) is 10.0. The lowest BCUT2D eigenvalue weighted by Crippen LogP contribution is -2.34. The Morgan fingerprint density at radius 2 is 2.00 bits per heavy atom. The van der Waals surface area contributed by atoms with Gasteiger partial charge in [0.15, 0.2) is 5.11 Å². The molecule has 7 nitrogen and oxygen atoms in total. The monoisotopic (exact) mass is 373 g/mol. The van der Waals surface area contributed by atoms with Crippen molar-refractivity contribution in [1.29, 1.82) is 0 Å². The molecule has 0 spiro atoms. The summed E-state index contributed by atoms with van der Waals surface area (Å²) in [4.78, 5) is 22.4. The molecule has 0 bridgehead atoms. The maximum atomic E-state index is 12.2. The predicted molar refractivity (Wildman–Crippen MR) is 104 cm³/mol. The first-order valence-corrected chi connectivity index (χ1v) is 8.50. The van der Waals surface area contributed by atoms with Crippen LogP contribution in [0.3, 0.4) is 0 Å². The van der Waals surface area contributed by atoms with Crippen LogP contribution in [0.25, 0.3) is 0 Å². The number of nitro benzene ring substituents is 1. The number of unbranched alkanes of at least 4 members (excludes halogenated alkanes) is 1. The fourth-order valence-electron chi connectivity index (χ4n) is 2.10. The smallest absolute Gasteiger partial charge is 0.270 e. The molecule has 0 aliphatic heterocycles. The van der Waals surface area contributed by atoms with Crippen molar-refractivity contribution in [3.05, 3.63) is 64.2 Å². The topological polar surface area (TPSA) is 93.5 Å². The van der Waals surface area contributed by atoms with Gasteiger partial charge in [-0.15, -0.1) is 0 Å². The van der Waals surface area contributed by atoms with Gasteiger partial charge < -0.3 is 10.1 Å². The molecule has 0 saturated carbocycles. The zero-order chi connectivity index (χ0) is 18.9. The van der Waals surface area contributed by atoms with Crippen LogP contribution in [-0.4, -0.2) is 22.5 Å². The second kappa shape index (κ2) is 9.47. The average Bonchev–Trinajstić information content (AvgIpc) is 2.62. The second-order valence-electron chi connectivity index (χ2n) is 5.45. The Kier molecular flexibility index (Phi) is 7.04. The van der Waals surface area contributed by atoms with Crippen LogP contribution in [0.2, 0.25) is 0 Å². The summed E-state index contributed by atoms with van der Waals surface area (Å²) < 4.78 is 5.62. The molecule has 26 heavy (non-hydrogen) atoms. The van der Waals surface area contributed by atoms with Crippen molar-refractivity contribution in [2.45, 2.75) is 19.8 Å². The first kappa shape index (κ1) is 19.3. The number of carbonyl (C=O) groups is 1. The maximum absolute atomic E-state index is 12.2. The Hall–Kier alpha value is -3.00. The zero-order valence-electron chi connectivity index (χ0n) is 14.2. The number of nitrogens with zero attached hydrogens (tertiary/aromatic N) is 1. The summed E-state index contributed by atoms with van der Waals surface area (Å²) >= 11 is 5.13. The SMILES string of the molecule is CCCCOc1cccc(NC(=S)NC(=O)c2cccc([N+](=O)[O-])c2)c1. The molecule has 2 aromatic carbocycles. The van der Waals surface area contributed by atoms with Crippen LogP contribution in [0.4, 0.5) is 11.4 Å². The molecular weight excluding hydrogens is 354 g/mol. The van der Waals surface area contributed by atoms with E-state index in [9.17, 15) is 14.9 Å². The van der Waals surface area contributed by atoms with Crippen LogP contribution < -0.4 is 15.4 Å². The summed E-state index contributed by atoms with van der Waals surface area (Å²) in [6.45, 7) is 2.72. The molecule has 0 radical (unpaired) electrons. The van der Waals surface area contributed by atoms with Gasteiger partial charge in [0.05, 0.1) is 11.5 Å². The van der Waals surface area contributed by atoms with E-state index in [1.807, 2.05) is 12.1 Å². The van der Waals surface area contributed by atoms with Gasteiger partial charge in [0, 0.05) is 29.4 Å². The minimum atomic E-state index is -0.558. The fourth-order valence-corrected chi connectivity index (χ4v) is 2.31. The number of rotatable bonds is 7. The minimum absolute atomic E-state index is 0.0900. The largest absolute Gasteiger partial charge is 0.494 e. The summed E-state index contributed by atoms with van der Waals surface area (Å²) in [6.07, 6.45) is 2.01. The zero-order valence-corrected chi connectivity index (χ0v) is 15.0. The van der Waals surface area contributed by atoms with E-state index in [0.29, 0.717) is 18.0 Å². The van der Waals surface area contributed by atoms with E-state index in [1.165, 1.54) is 24.3 Å². The predicted octanol–water partition coefficient (Wildman–Crippen LogP) is 3.90. The van der Waals surface area contributed by atoms with Crippen LogP contribution in [0, 0.1) is 10.1 Å². The number of hydrogen-bond donors (Lipinski definition) is 2. The molecule has 0 fully saturated rings. The number of non-ortho nitro benzene ring substituents is 1. The Morgan fingerprint density at radius 3 is 2.73 bits per heavy atom. The lowest BCUT2D eigenvalue weighted by Gasteiger charge is -2.11. The maximum Gasteiger partial charge on any atom is 0.270 e. The van der Waals surface area contributed by atoms with Crippen molar-refractivity contribution in [2.24, 2.45) is 0 Å². The summed E-state index contributed by atoms with van der Waals surface area (Å²) in [5, 5.41) is 16.3. The van der Waals surface area contributed by atoms with E-state index < -0.39 is 10.8 Å². The highest BCUT2D eigenvalue weighted by molar-refractivity contribution is 7.80. The van der Waals surface area contributed by atoms with E-state index in [0.717, 1.165) is 12.8 Å². The Morgan fingerprint density at radius 1 is 1.23 bits per heavy atom. The third-order valence-electron chi connectivity index (χ3n) is 3.40. The molecule has 0 atom stereocenters. The lowest BCUT2D eigenvalue weighted by atomic mass is 10.2. The number of ether oxygens (including phenoxy) is 1. The quantitative estimate of drug-likeness (QED) is 0.331. The highest BCUT2D eigenvalue weighted by Crippen LogP contribution is 2.18. The Balaban J connectivity index is 1.96. The van der Waals surface area contributed by atoms with E-state index in [1.54, 1.807) is 12.1 Å². The number of nitro groups is 1. The van der Waals surface area contributed by atoms with E-state index in [-0.39, 0.29) is 16.4 Å². The van der Waals surface area contributed by atoms with Gasteiger partial charge in [-0.3, -0.25) is 20.2 Å².